The Balaban J connectivity index is 1.84. The number of aryl methyl sites for hydroxylation is 1. The number of rotatable bonds is 12. The molecule has 0 saturated heterocycles. The summed E-state index contributed by atoms with van der Waals surface area (Å²) in [5.74, 6) is -1.02. The standard InChI is InChI=1S/C26H31N3O6S/c1-3-5-15-29-23(22(18-27-29)25(30)31)17-19-11-13-20(14-12-19)21-9-7-8-10-24(21)36(33,34)28-26(32)35-16-6-4-2/h7-14,18H,3-6,15-17H2,1-2H3,(H,28,32)(H,30,31). The van der Waals surface area contributed by atoms with Crippen molar-refractivity contribution in [3.63, 3.8) is 0 Å². The van der Waals surface area contributed by atoms with Gasteiger partial charge in [0.1, 0.15) is 5.56 Å². The number of nitrogens with one attached hydrogen (secondary N) is 1. The molecule has 1 aromatic heterocycles. The van der Waals surface area contributed by atoms with Gasteiger partial charge in [-0.2, -0.15) is 5.10 Å². The van der Waals surface area contributed by atoms with Gasteiger partial charge in [-0.25, -0.2) is 22.7 Å². The summed E-state index contributed by atoms with van der Waals surface area (Å²) in [5.41, 5.74) is 2.72. The Labute approximate surface area is 211 Å². The van der Waals surface area contributed by atoms with E-state index in [1.165, 1.54) is 12.3 Å². The quantitative estimate of drug-likeness (QED) is 0.331. The SMILES string of the molecule is CCCCOC(=O)NS(=O)(=O)c1ccccc1-c1ccc(Cc2c(C(=O)O)cnn2CCCC)cc1. The van der Waals surface area contributed by atoms with Gasteiger partial charge in [-0.1, -0.05) is 69.2 Å². The molecule has 2 aromatic carbocycles. The van der Waals surface area contributed by atoms with Crippen molar-refractivity contribution in [3.05, 3.63) is 71.5 Å². The van der Waals surface area contributed by atoms with Crippen LogP contribution in [0.1, 0.15) is 61.1 Å². The molecule has 0 saturated carbocycles. The maximum absolute atomic E-state index is 12.9. The summed E-state index contributed by atoms with van der Waals surface area (Å²) in [6.45, 7) is 4.77. The van der Waals surface area contributed by atoms with Crippen LogP contribution in [-0.4, -0.2) is 42.0 Å². The van der Waals surface area contributed by atoms with E-state index in [1.807, 2.05) is 23.8 Å². The predicted octanol–water partition coefficient (Wildman–Crippen LogP) is 4.85. The number of unbranched alkanes of at least 4 members (excludes halogenated alkanes) is 2. The third-order valence-electron chi connectivity index (χ3n) is 5.66. The van der Waals surface area contributed by atoms with Crippen LogP contribution in [0, 0.1) is 0 Å². The summed E-state index contributed by atoms with van der Waals surface area (Å²) in [6.07, 6.45) is 4.05. The fraction of sp³-hybridized carbons (Fsp3) is 0.346. The van der Waals surface area contributed by atoms with Gasteiger partial charge in [-0.15, -0.1) is 0 Å². The molecule has 0 atom stereocenters. The highest BCUT2D eigenvalue weighted by Crippen LogP contribution is 2.28. The lowest BCUT2D eigenvalue weighted by Gasteiger charge is -2.13. The fourth-order valence-corrected chi connectivity index (χ4v) is 4.84. The summed E-state index contributed by atoms with van der Waals surface area (Å²) in [6, 6.07) is 13.6. The average Bonchev–Trinajstić information content (AvgIpc) is 3.25. The van der Waals surface area contributed by atoms with Crippen LogP contribution in [0.5, 0.6) is 0 Å². The molecule has 0 spiro atoms. The highest BCUT2D eigenvalue weighted by molar-refractivity contribution is 7.90. The zero-order valence-electron chi connectivity index (χ0n) is 20.4. The Morgan fingerprint density at radius 2 is 1.72 bits per heavy atom. The average molecular weight is 514 g/mol. The first-order valence-electron chi connectivity index (χ1n) is 11.9. The Morgan fingerprint density at radius 3 is 2.39 bits per heavy atom. The topological polar surface area (TPSA) is 128 Å². The second kappa shape index (κ2) is 12.3. The first-order valence-corrected chi connectivity index (χ1v) is 13.4. The molecule has 9 nitrogen and oxygen atoms in total. The van der Waals surface area contributed by atoms with E-state index in [2.05, 4.69) is 12.0 Å². The molecular weight excluding hydrogens is 482 g/mol. The molecule has 0 aliphatic carbocycles. The summed E-state index contributed by atoms with van der Waals surface area (Å²) in [4.78, 5) is 23.6. The van der Waals surface area contributed by atoms with Crippen molar-refractivity contribution in [2.24, 2.45) is 0 Å². The molecule has 0 unspecified atom stereocenters. The van der Waals surface area contributed by atoms with Gasteiger partial charge in [-0.3, -0.25) is 4.68 Å². The summed E-state index contributed by atoms with van der Waals surface area (Å²) in [5, 5.41) is 13.8. The third kappa shape index (κ3) is 6.72. The monoisotopic (exact) mass is 513 g/mol. The minimum Gasteiger partial charge on any atom is -0.478 e. The predicted molar refractivity (Wildman–Crippen MR) is 135 cm³/mol. The van der Waals surface area contributed by atoms with E-state index < -0.39 is 22.1 Å². The van der Waals surface area contributed by atoms with Crippen molar-refractivity contribution >= 4 is 22.1 Å². The maximum atomic E-state index is 12.9. The van der Waals surface area contributed by atoms with E-state index in [9.17, 15) is 23.1 Å². The number of hydrogen-bond donors (Lipinski definition) is 2. The zero-order valence-corrected chi connectivity index (χ0v) is 21.3. The molecule has 2 N–H and O–H groups in total. The molecule has 0 fully saturated rings. The van der Waals surface area contributed by atoms with Gasteiger partial charge in [0.25, 0.3) is 10.0 Å². The number of amides is 1. The molecule has 0 bridgehead atoms. The lowest BCUT2D eigenvalue weighted by atomic mass is 10.0. The van der Waals surface area contributed by atoms with Crippen LogP contribution in [0.4, 0.5) is 4.79 Å². The molecule has 10 heteroatoms. The van der Waals surface area contributed by atoms with Crippen LogP contribution in [0.2, 0.25) is 0 Å². The van der Waals surface area contributed by atoms with Crippen molar-refractivity contribution in [1.29, 1.82) is 0 Å². The van der Waals surface area contributed by atoms with Gasteiger partial charge in [0, 0.05) is 18.5 Å². The number of aromatic carboxylic acids is 1. The van der Waals surface area contributed by atoms with E-state index in [1.54, 1.807) is 35.0 Å². The highest BCUT2D eigenvalue weighted by atomic mass is 32.2. The normalized spacial score (nSPS) is 11.3. The molecule has 3 aromatic rings. The number of sulfonamides is 1. The van der Waals surface area contributed by atoms with Crippen molar-refractivity contribution in [3.8, 4) is 11.1 Å². The van der Waals surface area contributed by atoms with Gasteiger partial charge in [0.05, 0.1) is 23.4 Å². The van der Waals surface area contributed by atoms with Gasteiger partial charge in [-0.05, 0) is 30.0 Å². The molecule has 1 amide bonds. The van der Waals surface area contributed by atoms with Crippen LogP contribution < -0.4 is 4.72 Å². The minimum absolute atomic E-state index is 0.0454. The van der Waals surface area contributed by atoms with Crippen LogP contribution in [0.25, 0.3) is 11.1 Å². The minimum atomic E-state index is -4.16. The molecular formula is C26H31N3O6S. The largest absolute Gasteiger partial charge is 0.478 e. The summed E-state index contributed by atoms with van der Waals surface area (Å²) < 4.78 is 34.4. The van der Waals surface area contributed by atoms with Crippen LogP contribution in [0.3, 0.4) is 0 Å². The van der Waals surface area contributed by atoms with Crippen LogP contribution >= 0.6 is 0 Å². The van der Waals surface area contributed by atoms with E-state index in [0.29, 0.717) is 36.2 Å². The highest BCUT2D eigenvalue weighted by Gasteiger charge is 2.23. The molecule has 0 aliphatic heterocycles. The van der Waals surface area contributed by atoms with Crippen molar-refractivity contribution in [2.75, 3.05) is 6.61 Å². The molecule has 1 heterocycles. The number of aromatic nitrogens is 2. The van der Waals surface area contributed by atoms with Crippen molar-refractivity contribution < 1.29 is 27.9 Å². The summed E-state index contributed by atoms with van der Waals surface area (Å²) >= 11 is 0. The number of ether oxygens (including phenoxy) is 1. The van der Waals surface area contributed by atoms with E-state index in [-0.39, 0.29) is 17.1 Å². The number of carbonyl (C=O) groups is 2. The lowest BCUT2D eigenvalue weighted by molar-refractivity contribution is 0.0695. The second-order valence-electron chi connectivity index (χ2n) is 8.35. The zero-order chi connectivity index (χ0) is 26.1. The first kappa shape index (κ1) is 26.9. The number of nitrogens with zero attached hydrogens (tertiary/aromatic N) is 2. The van der Waals surface area contributed by atoms with Crippen LogP contribution in [0.15, 0.2) is 59.6 Å². The maximum Gasteiger partial charge on any atom is 0.421 e. The molecule has 192 valence electrons. The van der Waals surface area contributed by atoms with Crippen LogP contribution in [-0.2, 0) is 27.7 Å². The van der Waals surface area contributed by atoms with Gasteiger partial charge in [0.15, 0.2) is 0 Å². The van der Waals surface area contributed by atoms with Crippen molar-refractivity contribution in [1.82, 2.24) is 14.5 Å². The first-order chi connectivity index (χ1) is 17.3. The van der Waals surface area contributed by atoms with E-state index in [0.717, 1.165) is 24.8 Å². The van der Waals surface area contributed by atoms with Gasteiger partial charge < -0.3 is 9.84 Å². The second-order valence-corrected chi connectivity index (χ2v) is 10.0. The number of carboxylic acid groups (broad SMARTS) is 1. The fourth-order valence-electron chi connectivity index (χ4n) is 3.71. The lowest BCUT2D eigenvalue weighted by Crippen LogP contribution is -2.31. The molecule has 3 rings (SSSR count). The number of carboxylic acids is 1. The molecule has 36 heavy (non-hydrogen) atoms. The third-order valence-corrected chi connectivity index (χ3v) is 7.03. The van der Waals surface area contributed by atoms with Crippen molar-refractivity contribution in [2.45, 2.75) is 57.4 Å². The number of hydrogen-bond acceptors (Lipinski definition) is 6. The smallest absolute Gasteiger partial charge is 0.421 e. The molecule has 0 aliphatic rings. The Kier molecular flexibility index (Phi) is 9.24. The summed E-state index contributed by atoms with van der Waals surface area (Å²) in [7, 11) is -4.16. The number of carbonyl (C=O) groups excluding carboxylic acids is 1. The van der Waals surface area contributed by atoms with E-state index in [4.69, 9.17) is 4.74 Å². The van der Waals surface area contributed by atoms with Gasteiger partial charge in [0.2, 0.25) is 0 Å². The Bertz CT molecular complexity index is 1300. The molecule has 0 radical (unpaired) electrons. The van der Waals surface area contributed by atoms with E-state index >= 15 is 0 Å². The number of benzene rings is 2. The Hall–Kier alpha value is -3.66. The Morgan fingerprint density at radius 1 is 1.03 bits per heavy atom. The van der Waals surface area contributed by atoms with Gasteiger partial charge >= 0.3 is 12.1 Å².